The zero-order valence-corrected chi connectivity index (χ0v) is 31.9. The van der Waals surface area contributed by atoms with Crippen molar-refractivity contribution in [3.8, 4) is 0 Å². The summed E-state index contributed by atoms with van der Waals surface area (Å²) in [4.78, 5) is 61.6. The number of aliphatic hydroxyl groups excluding tert-OH is 1. The van der Waals surface area contributed by atoms with Crippen molar-refractivity contribution in [2.24, 2.45) is 16.7 Å². The molecule has 4 rings (SSSR count). The number of esters is 4. The highest BCUT2D eigenvalue weighted by atomic mass is 16.6. The molecule has 4 heterocycles. The summed E-state index contributed by atoms with van der Waals surface area (Å²) < 4.78 is 38.7. The summed E-state index contributed by atoms with van der Waals surface area (Å²) in [5.74, 6) is -3.16. The van der Waals surface area contributed by atoms with E-state index in [0.717, 1.165) is 6.26 Å². The number of hydrogen-bond donors (Lipinski definition) is 1. The van der Waals surface area contributed by atoms with Gasteiger partial charge in [0.2, 0.25) is 11.8 Å². The maximum absolute atomic E-state index is 13.4. The number of carbonyl (C=O) groups excluding carboxylic acids is 4. The van der Waals surface area contributed by atoms with Crippen LogP contribution < -0.4 is 0 Å². The van der Waals surface area contributed by atoms with Crippen molar-refractivity contribution < 1.29 is 56.8 Å². The Morgan fingerprint density at radius 2 is 1.31 bits per heavy atom. The van der Waals surface area contributed by atoms with Crippen LogP contribution in [-0.2, 0) is 33.3 Å². The van der Waals surface area contributed by atoms with E-state index in [1.54, 1.807) is 74.6 Å². The van der Waals surface area contributed by atoms with Crippen LogP contribution in [0.15, 0.2) is 94.3 Å². The molecule has 0 radical (unpaired) electrons. The Balaban J connectivity index is 1.68. The predicted octanol–water partition coefficient (Wildman–Crippen LogP) is 6.18. The number of oxazole rings is 2. The Bertz CT molecular complexity index is 1880. The summed E-state index contributed by atoms with van der Waals surface area (Å²) in [6.45, 7) is 8.50. The number of aromatic nitrogens is 2. The van der Waals surface area contributed by atoms with Crippen molar-refractivity contribution in [3.63, 3.8) is 0 Å². The minimum atomic E-state index is -1.70. The summed E-state index contributed by atoms with van der Waals surface area (Å²) in [6, 6.07) is 0. The third-order valence-electron chi connectivity index (χ3n) is 9.69. The highest BCUT2D eigenvalue weighted by Crippen LogP contribution is 2.39. The van der Waals surface area contributed by atoms with Crippen molar-refractivity contribution in [2.75, 3.05) is 14.2 Å². The van der Waals surface area contributed by atoms with Gasteiger partial charge in [-0.1, -0.05) is 73.8 Å². The number of cyclic esters (lactones) is 2. The topological polar surface area (TPSA) is 190 Å². The van der Waals surface area contributed by atoms with Crippen molar-refractivity contribution in [3.05, 3.63) is 109 Å². The molecule has 55 heavy (non-hydrogen) atoms. The van der Waals surface area contributed by atoms with Crippen LogP contribution in [0.5, 0.6) is 0 Å². The molecule has 2 aromatic rings. The monoisotopic (exact) mass is 760 g/mol. The first-order valence-corrected chi connectivity index (χ1v) is 17.8. The molecule has 1 N–H and O–H groups in total. The first-order chi connectivity index (χ1) is 26.3. The van der Waals surface area contributed by atoms with Gasteiger partial charge in [0.1, 0.15) is 47.8 Å². The van der Waals surface area contributed by atoms with Crippen molar-refractivity contribution in [1.82, 2.24) is 9.97 Å². The van der Waals surface area contributed by atoms with Gasteiger partial charge < -0.3 is 37.6 Å². The van der Waals surface area contributed by atoms with Crippen LogP contribution in [0.3, 0.4) is 0 Å². The third kappa shape index (κ3) is 10.1. The fourth-order valence-electron chi connectivity index (χ4n) is 6.00. The van der Waals surface area contributed by atoms with Crippen LogP contribution in [0.4, 0.5) is 0 Å². The standard InChI is InChI=1S/C41H48N2O12/c1-8-16-26(3)40(4,38(47)49-6)32-20-15-18-29-30(53-29)22-23-35-43-28(25-52-35)37(46)55-33(41(5,39(48)50-7)31(44)17-9-2)19-13-11-10-12-14-21-34-42-27(24-51-34)36(45)54-32/h8-18,21-26,29-33,44H,19-20H2,1-7H3/b12-10+,13-11-,16-8+,17-9+,18-15-,21-14+,23-22+. The summed E-state index contributed by atoms with van der Waals surface area (Å²) >= 11 is 0. The number of aliphatic hydroxyl groups is 1. The van der Waals surface area contributed by atoms with Gasteiger partial charge in [0, 0.05) is 18.9 Å². The van der Waals surface area contributed by atoms with Crippen molar-refractivity contribution in [2.45, 2.75) is 78.0 Å². The Hall–Kier alpha value is -5.60. The fourth-order valence-corrected chi connectivity index (χ4v) is 6.00. The van der Waals surface area contributed by atoms with E-state index in [-0.39, 0.29) is 54.1 Å². The zero-order valence-electron chi connectivity index (χ0n) is 31.9. The second-order valence-corrected chi connectivity index (χ2v) is 13.3. The second kappa shape index (κ2) is 19.1. The SMILES string of the molecule is C/C=C/C(C)C(C)(C(=O)OC)C1C/C=C\C2OC2/C=C/c2nc(co2)C(=O)OC(C(C)(C(=O)OC)C(O)/C=C/C)C\C=C/C=C/C=C/c2nc(co2)C(=O)O1. The minimum absolute atomic E-state index is 0.00723. The number of carbonyl (C=O) groups is 4. The number of allylic oxidation sites excluding steroid dienone is 7. The summed E-state index contributed by atoms with van der Waals surface area (Å²) in [6.07, 6.45) is 21.5. The molecule has 0 spiro atoms. The lowest BCUT2D eigenvalue weighted by atomic mass is 9.72. The fraction of sp³-hybridized carbons (Fsp3) is 0.415. The number of fused-ring (bicyclic) bond motifs is 5. The van der Waals surface area contributed by atoms with E-state index < -0.39 is 53.0 Å². The van der Waals surface area contributed by atoms with E-state index in [2.05, 4.69) is 9.97 Å². The van der Waals surface area contributed by atoms with Crippen molar-refractivity contribution >= 4 is 36.0 Å². The lowest BCUT2D eigenvalue weighted by Gasteiger charge is -2.37. The number of methoxy groups -OCH3 is 2. The molecule has 14 nitrogen and oxygen atoms in total. The van der Waals surface area contributed by atoms with Gasteiger partial charge >= 0.3 is 23.9 Å². The van der Waals surface area contributed by atoms with Crippen LogP contribution in [0, 0.1) is 16.7 Å². The summed E-state index contributed by atoms with van der Waals surface area (Å²) in [5.41, 5.74) is -3.22. The third-order valence-corrected chi connectivity index (χ3v) is 9.69. The Morgan fingerprint density at radius 3 is 1.91 bits per heavy atom. The van der Waals surface area contributed by atoms with Gasteiger partial charge in [-0.05, 0) is 45.8 Å². The van der Waals surface area contributed by atoms with E-state index in [9.17, 15) is 24.3 Å². The molecule has 1 fully saturated rings. The van der Waals surface area contributed by atoms with Gasteiger partial charge in [0.15, 0.2) is 11.4 Å². The average Bonchev–Trinajstić information content (AvgIpc) is 3.49. The Labute approximate surface area is 319 Å². The van der Waals surface area contributed by atoms with E-state index in [1.807, 2.05) is 26.0 Å². The van der Waals surface area contributed by atoms with E-state index in [4.69, 9.17) is 32.5 Å². The van der Waals surface area contributed by atoms with Crippen molar-refractivity contribution in [1.29, 1.82) is 0 Å². The maximum atomic E-state index is 13.4. The summed E-state index contributed by atoms with van der Waals surface area (Å²) in [5, 5.41) is 11.0. The molecule has 0 aliphatic carbocycles. The Morgan fingerprint density at radius 1 is 0.782 bits per heavy atom. The molecule has 2 aliphatic rings. The van der Waals surface area contributed by atoms with E-state index >= 15 is 0 Å². The first-order valence-electron chi connectivity index (χ1n) is 17.8. The molecular formula is C41H48N2O12. The lowest BCUT2D eigenvalue weighted by molar-refractivity contribution is -0.167. The molecule has 4 bridgehead atoms. The molecule has 2 aromatic heterocycles. The molecule has 8 atom stereocenters. The zero-order chi connectivity index (χ0) is 40.2. The average molecular weight is 761 g/mol. The number of nitrogens with zero attached hydrogens (tertiary/aromatic N) is 2. The predicted molar refractivity (Wildman–Crippen MR) is 200 cm³/mol. The van der Waals surface area contributed by atoms with Crippen LogP contribution >= 0.6 is 0 Å². The van der Waals surface area contributed by atoms with E-state index in [1.165, 1.54) is 39.6 Å². The second-order valence-electron chi connectivity index (χ2n) is 13.3. The van der Waals surface area contributed by atoms with Gasteiger partial charge in [0.25, 0.3) is 0 Å². The molecule has 8 unspecified atom stereocenters. The molecule has 1 saturated heterocycles. The van der Waals surface area contributed by atoms with Crippen LogP contribution in [-0.4, -0.2) is 83.7 Å². The highest BCUT2D eigenvalue weighted by molar-refractivity contribution is 5.88. The molecule has 0 aromatic carbocycles. The lowest BCUT2D eigenvalue weighted by Crippen LogP contribution is -2.50. The number of ether oxygens (including phenoxy) is 5. The Kier molecular flexibility index (Phi) is 14.7. The molecule has 2 aliphatic heterocycles. The minimum Gasteiger partial charge on any atom is -0.468 e. The first kappa shape index (κ1) is 42.1. The molecule has 0 amide bonds. The molecule has 14 heteroatoms. The molecule has 0 saturated carbocycles. The van der Waals surface area contributed by atoms with Gasteiger partial charge in [-0.25, -0.2) is 19.6 Å². The maximum Gasteiger partial charge on any atom is 0.360 e. The van der Waals surface area contributed by atoms with Gasteiger partial charge in [-0.2, -0.15) is 0 Å². The van der Waals surface area contributed by atoms with Crippen LogP contribution in [0.2, 0.25) is 0 Å². The highest BCUT2D eigenvalue weighted by Gasteiger charge is 2.50. The van der Waals surface area contributed by atoms with Crippen LogP contribution in [0.25, 0.3) is 12.2 Å². The number of rotatable bonds is 8. The van der Waals surface area contributed by atoms with Gasteiger partial charge in [-0.15, -0.1) is 0 Å². The van der Waals surface area contributed by atoms with Gasteiger partial charge in [0.05, 0.1) is 20.3 Å². The molecular weight excluding hydrogens is 712 g/mol. The quantitative estimate of drug-likeness (QED) is 0.139. The van der Waals surface area contributed by atoms with Crippen LogP contribution in [0.1, 0.15) is 80.2 Å². The largest absolute Gasteiger partial charge is 0.468 e. The van der Waals surface area contributed by atoms with E-state index in [0.29, 0.717) is 0 Å². The normalized spacial score (nSPS) is 27.2. The number of epoxide rings is 1. The van der Waals surface area contributed by atoms with Gasteiger partial charge in [-0.3, -0.25) is 9.59 Å². The molecule has 294 valence electrons. The smallest absolute Gasteiger partial charge is 0.360 e. The summed E-state index contributed by atoms with van der Waals surface area (Å²) in [7, 11) is 2.47. The number of hydrogen-bond acceptors (Lipinski definition) is 14.